The quantitative estimate of drug-likeness (QED) is 0.319. The van der Waals surface area contributed by atoms with Crippen molar-refractivity contribution in [2.45, 2.75) is 90.1 Å². The molecule has 0 aromatic heterocycles. The third kappa shape index (κ3) is 7.79. The smallest absolute Gasteiger partial charge is 0.109 e. The molecule has 2 aromatic carbocycles. The molecular formula is C29H41ClO4. The Labute approximate surface area is 210 Å². The fourth-order valence-corrected chi connectivity index (χ4v) is 4.51. The number of benzene rings is 2. The molecular weight excluding hydrogens is 448 g/mol. The lowest BCUT2D eigenvalue weighted by Gasteiger charge is -2.39. The minimum Gasteiger partial charge on any atom is -0.390 e. The number of unbranched alkanes of at least 4 members (excludes halogenated alkanes) is 2. The van der Waals surface area contributed by atoms with E-state index < -0.39 is 6.10 Å². The maximum Gasteiger partial charge on any atom is 0.109 e. The molecule has 5 heteroatoms. The number of ether oxygens (including phenoxy) is 3. The second-order valence-electron chi connectivity index (χ2n) is 9.29. The maximum absolute atomic E-state index is 10.7. The maximum atomic E-state index is 10.7. The van der Waals surface area contributed by atoms with Crippen molar-refractivity contribution < 1.29 is 19.3 Å². The molecule has 0 aliphatic carbocycles. The van der Waals surface area contributed by atoms with Crippen molar-refractivity contribution in [2.24, 2.45) is 0 Å². The topological polar surface area (TPSA) is 47.9 Å². The van der Waals surface area contributed by atoms with Gasteiger partial charge in [-0.05, 0) is 54.0 Å². The minimum atomic E-state index is -0.603. The SMILES string of the molecule is CCCCOCC1OC(c2ccc(Cl)c(Cc3ccc(CC)cc3)c2)C(OCCCC)CC1O. The van der Waals surface area contributed by atoms with Gasteiger partial charge in [0.15, 0.2) is 0 Å². The van der Waals surface area contributed by atoms with Crippen molar-refractivity contribution >= 4 is 11.6 Å². The molecule has 4 nitrogen and oxygen atoms in total. The molecule has 34 heavy (non-hydrogen) atoms. The molecule has 0 spiro atoms. The highest BCUT2D eigenvalue weighted by Gasteiger charge is 2.39. The highest BCUT2D eigenvalue weighted by Crippen LogP contribution is 2.36. The average molecular weight is 489 g/mol. The molecule has 188 valence electrons. The van der Waals surface area contributed by atoms with Gasteiger partial charge in [-0.25, -0.2) is 0 Å². The number of aryl methyl sites for hydroxylation is 1. The summed E-state index contributed by atoms with van der Waals surface area (Å²) in [5.41, 5.74) is 4.67. The third-order valence-electron chi connectivity index (χ3n) is 6.54. The van der Waals surface area contributed by atoms with Crippen LogP contribution in [0, 0.1) is 0 Å². The van der Waals surface area contributed by atoms with E-state index >= 15 is 0 Å². The van der Waals surface area contributed by atoms with Crippen LogP contribution in [0.1, 0.15) is 81.2 Å². The lowest BCUT2D eigenvalue weighted by molar-refractivity contribution is -0.200. The Morgan fingerprint density at radius 2 is 1.68 bits per heavy atom. The summed E-state index contributed by atoms with van der Waals surface area (Å²) in [5.74, 6) is 0. The molecule has 0 saturated carbocycles. The monoisotopic (exact) mass is 488 g/mol. The zero-order valence-electron chi connectivity index (χ0n) is 21.0. The second kappa shape index (κ2) is 14.2. The van der Waals surface area contributed by atoms with Crippen LogP contribution in [0.15, 0.2) is 42.5 Å². The lowest BCUT2D eigenvalue weighted by Crippen LogP contribution is -2.46. The number of halogens is 1. The first-order valence-corrected chi connectivity index (χ1v) is 13.3. The summed E-state index contributed by atoms with van der Waals surface area (Å²) in [6.45, 7) is 8.19. The number of aliphatic hydroxyl groups excluding tert-OH is 1. The van der Waals surface area contributed by atoms with Crippen LogP contribution in [-0.2, 0) is 27.1 Å². The van der Waals surface area contributed by atoms with Crippen LogP contribution in [0.4, 0.5) is 0 Å². The van der Waals surface area contributed by atoms with Gasteiger partial charge in [-0.15, -0.1) is 0 Å². The molecule has 0 radical (unpaired) electrons. The van der Waals surface area contributed by atoms with Crippen molar-refractivity contribution in [3.05, 3.63) is 69.7 Å². The lowest BCUT2D eigenvalue weighted by atomic mass is 9.91. The van der Waals surface area contributed by atoms with Gasteiger partial charge in [0.25, 0.3) is 0 Å². The molecule has 0 bridgehead atoms. The predicted octanol–water partition coefficient (Wildman–Crippen LogP) is 6.69. The van der Waals surface area contributed by atoms with Gasteiger partial charge in [0.1, 0.15) is 12.2 Å². The Morgan fingerprint density at radius 1 is 0.971 bits per heavy atom. The van der Waals surface area contributed by atoms with Gasteiger partial charge in [-0.3, -0.25) is 0 Å². The molecule has 0 amide bonds. The Hall–Kier alpha value is -1.43. The second-order valence-corrected chi connectivity index (χ2v) is 9.69. The zero-order valence-corrected chi connectivity index (χ0v) is 21.7. The van der Waals surface area contributed by atoms with Crippen LogP contribution >= 0.6 is 11.6 Å². The zero-order chi connectivity index (χ0) is 24.3. The van der Waals surface area contributed by atoms with Crippen molar-refractivity contribution in [1.29, 1.82) is 0 Å². The molecule has 1 saturated heterocycles. The Morgan fingerprint density at radius 3 is 2.38 bits per heavy atom. The largest absolute Gasteiger partial charge is 0.390 e. The first-order valence-electron chi connectivity index (χ1n) is 12.9. The normalized spacial score (nSPS) is 22.7. The van der Waals surface area contributed by atoms with Gasteiger partial charge < -0.3 is 19.3 Å². The Balaban J connectivity index is 1.78. The summed E-state index contributed by atoms with van der Waals surface area (Å²) in [6, 6.07) is 14.8. The average Bonchev–Trinajstić information content (AvgIpc) is 2.85. The number of rotatable bonds is 13. The van der Waals surface area contributed by atoms with Crippen molar-refractivity contribution in [1.82, 2.24) is 0 Å². The summed E-state index contributed by atoms with van der Waals surface area (Å²) in [5, 5.41) is 11.5. The van der Waals surface area contributed by atoms with E-state index in [1.54, 1.807) is 0 Å². The number of hydrogen-bond acceptors (Lipinski definition) is 4. The molecule has 1 fully saturated rings. The van der Waals surface area contributed by atoms with Gasteiger partial charge in [0.2, 0.25) is 0 Å². The van der Waals surface area contributed by atoms with E-state index in [0.717, 1.165) is 54.7 Å². The van der Waals surface area contributed by atoms with Crippen LogP contribution in [0.25, 0.3) is 0 Å². The van der Waals surface area contributed by atoms with E-state index in [0.29, 0.717) is 26.2 Å². The van der Waals surface area contributed by atoms with E-state index in [-0.39, 0.29) is 18.3 Å². The molecule has 4 atom stereocenters. The summed E-state index contributed by atoms with van der Waals surface area (Å²) in [7, 11) is 0. The number of hydrogen-bond donors (Lipinski definition) is 1. The molecule has 3 rings (SSSR count). The van der Waals surface area contributed by atoms with Crippen molar-refractivity contribution in [3.63, 3.8) is 0 Å². The fraction of sp³-hybridized carbons (Fsp3) is 0.586. The van der Waals surface area contributed by atoms with Gasteiger partial charge in [0, 0.05) is 24.7 Å². The highest BCUT2D eigenvalue weighted by atomic mass is 35.5. The van der Waals surface area contributed by atoms with Crippen molar-refractivity contribution in [2.75, 3.05) is 19.8 Å². The van der Waals surface area contributed by atoms with Gasteiger partial charge in [-0.2, -0.15) is 0 Å². The Bertz CT molecular complexity index is 854. The van der Waals surface area contributed by atoms with E-state index in [4.69, 9.17) is 25.8 Å². The van der Waals surface area contributed by atoms with E-state index in [9.17, 15) is 5.11 Å². The molecule has 1 aliphatic rings. The molecule has 1 aliphatic heterocycles. The number of aliphatic hydroxyl groups is 1. The van der Waals surface area contributed by atoms with E-state index in [1.807, 2.05) is 12.1 Å². The summed E-state index contributed by atoms with van der Waals surface area (Å²) in [6.07, 6.45) is 5.03. The summed E-state index contributed by atoms with van der Waals surface area (Å²) >= 11 is 6.60. The van der Waals surface area contributed by atoms with Crippen molar-refractivity contribution in [3.8, 4) is 0 Å². The highest BCUT2D eigenvalue weighted by molar-refractivity contribution is 6.31. The summed E-state index contributed by atoms with van der Waals surface area (Å²) < 4.78 is 18.4. The standard InChI is InChI=1S/C29H41ClO4/c1-4-7-15-32-20-28-26(31)19-27(33-16-8-5-2)29(34-28)23-13-14-25(30)24(18-23)17-22-11-9-21(6-3)10-12-22/h9-14,18,26-29,31H,4-8,15-17,19-20H2,1-3H3. The Kier molecular flexibility index (Phi) is 11.4. The molecule has 4 unspecified atom stereocenters. The third-order valence-corrected chi connectivity index (χ3v) is 6.91. The molecule has 1 N–H and O–H groups in total. The minimum absolute atomic E-state index is 0.202. The van der Waals surface area contributed by atoms with Crippen LogP contribution in [0.3, 0.4) is 0 Å². The van der Waals surface area contributed by atoms with Gasteiger partial charge in [-0.1, -0.05) is 81.6 Å². The van der Waals surface area contributed by atoms with Gasteiger partial charge in [0.05, 0.1) is 18.8 Å². The van der Waals surface area contributed by atoms with Crippen LogP contribution < -0.4 is 0 Å². The van der Waals surface area contributed by atoms with Gasteiger partial charge >= 0.3 is 0 Å². The van der Waals surface area contributed by atoms with Crippen LogP contribution in [-0.4, -0.2) is 43.2 Å². The van der Waals surface area contributed by atoms with E-state index in [2.05, 4.69) is 51.1 Å². The van der Waals surface area contributed by atoms with Crippen LogP contribution in [0.2, 0.25) is 5.02 Å². The first kappa shape index (κ1) is 27.2. The first-order chi connectivity index (χ1) is 16.5. The van der Waals surface area contributed by atoms with E-state index in [1.165, 1.54) is 11.1 Å². The fourth-order valence-electron chi connectivity index (χ4n) is 4.32. The molecule has 1 heterocycles. The predicted molar refractivity (Wildman–Crippen MR) is 139 cm³/mol. The van der Waals surface area contributed by atoms with Crippen LogP contribution in [0.5, 0.6) is 0 Å². The summed E-state index contributed by atoms with van der Waals surface area (Å²) in [4.78, 5) is 0. The molecule has 2 aromatic rings.